The third-order valence-corrected chi connectivity index (χ3v) is 5.29. The lowest BCUT2D eigenvalue weighted by Crippen LogP contribution is -2.31. The molecule has 128 valence electrons. The van der Waals surface area contributed by atoms with Crippen LogP contribution in [0.15, 0.2) is 54.6 Å². The van der Waals surface area contributed by atoms with Crippen LogP contribution in [0, 0.1) is 6.92 Å². The maximum Gasteiger partial charge on any atom is 0.236 e. The summed E-state index contributed by atoms with van der Waals surface area (Å²) in [6.45, 7) is 4.08. The summed E-state index contributed by atoms with van der Waals surface area (Å²) in [4.78, 5) is 14.6. The Morgan fingerprint density at radius 2 is 1.76 bits per heavy atom. The third-order valence-electron chi connectivity index (χ3n) is 4.24. The lowest BCUT2D eigenvalue weighted by atomic mass is 9.95. The summed E-state index contributed by atoms with van der Waals surface area (Å²) in [5.41, 5.74) is 3.25. The molecule has 0 bridgehead atoms. The second kappa shape index (κ2) is 7.57. The topological polar surface area (TPSA) is 46.1 Å². The van der Waals surface area contributed by atoms with Crippen molar-refractivity contribution in [2.45, 2.75) is 26.2 Å². The van der Waals surface area contributed by atoms with Crippen molar-refractivity contribution in [3.05, 3.63) is 65.7 Å². The first kappa shape index (κ1) is 17.3. The van der Waals surface area contributed by atoms with Gasteiger partial charge < -0.3 is 0 Å². The Morgan fingerprint density at radius 3 is 2.40 bits per heavy atom. The molecule has 1 aromatic heterocycles. The number of carbonyl (C=O) groups is 1. The lowest BCUT2D eigenvalue weighted by molar-refractivity contribution is -0.119. The van der Waals surface area contributed by atoms with Crippen molar-refractivity contribution in [2.75, 3.05) is 11.9 Å². The standard InChI is InChI=1S/C20H21N3OS/c1-4-17(15-8-6-5-7-9-15)19(24)23(3)20-22-21-18(25-20)16-12-10-14(2)11-13-16/h5-13,17H,4H2,1-3H3/t17-/m1/s1. The van der Waals surface area contributed by atoms with E-state index in [1.54, 1.807) is 11.9 Å². The summed E-state index contributed by atoms with van der Waals surface area (Å²) < 4.78 is 0. The van der Waals surface area contributed by atoms with E-state index in [-0.39, 0.29) is 11.8 Å². The van der Waals surface area contributed by atoms with Crippen LogP contribution in [0.1, 0.15) is 30.4 Å². The van der Waals surface area contributed by atoms with Crippen LogP contribution < -0.4 is 4.90 Å². The summed E-state index contributed by atoms with van der Waals surface area (Å²) in [5.74, 6) is -0.127. The van der Waals surface area contributed by atoms with Gasteiger partial charge in [-0.05, 0) is 18.9 Å². The van der Waals surface area contributed by atoms with E-state index in [2.05, 4.69) is 17.1 Å². The highest BCUT2D eigenvalue weighted by Gasteiger charge is 2.25. The minimum absolute atomic E-state index is 0.0420. The molecule has 0 spiro atoms. The first-order chi connectivity index (χ1) is 12.1. The number of anilines is 1. The largest absolute Gasteiger partial charge is 0.289 e. The molecular weight excluding hydrogens is 330 g/mol. The van der Waals surface area contributed by atoms with Gasteiger partial charge in [-0.3, -0.25) is 9.69 Å². The highest BCUT2D eigenvalue weighted by Crippen LogP contribution is 2.30. The second-order valence-corrected chi connectivity index (χ2v) is 6.98. The number of aromatic nitrogens is 2. The van der Waals surface area contributed by atoms with E-state index in [1.807, 2.05) is 61.5 Å². The van der Waals surface area contributed by atoms with Gasteiger partial charge >= 0.3 is 0 Å². The normalized spacial score (nSPS) is 12.0. The van der Waals surface area contributed by atoms with Gasteiger partial charge in [-0.2, -0.15) is 0 Å². The van der Waals surface area contributed by atoms with Crippen LogP contribution in [0.3, 0.4) is 0 Å². The van der Waals surface area contributed by atoms with Gasteiger partial charge in [0.1, 0.15) is 5.01 Å². The molecule has 0 aliphatic rings. The van der Waals surface area contributed by atoms with Crippen LogP contribution in [-0.2, 0) is 4.79 Å². The monoisotopic (exact) mass is 351 g/mol. The first-order valence-electron chi connectivity index (χ1n) is 8.33. The Morgan fingerprint density at radius 1 is 1.08 bits per heavy atom. The number of rotatable bonds is 5. The van der Waals surface area contributed by atoms with Crippen molar-refractivity contribution in [3.8, 4) is 10.6 Å². The Bertz CT molecular complexity index is 843. The number of benzene rings is 2. The van der Waals surface area contributed by atoms with Crippen LogP contribution in [-0.4, -0.2) is 23.2 Å². The average Bonchev–Trinajstić information content (AvgIpc) is 3.13. The Balaban J connectivity index is 1.82. The smallest absolute Gasteiger partial charge is 0.236 e. The predicted molar refractivity (Wildman–Crippen MR) is 103 cm³/mol. The van der Waals surface area contributed by atoms with Gasteiger partial charge in [0.2, 0.25) is 11.0 Å². The lowest BCUT2D eigenvalue weighted by Gasteiger charge is -2.20. The van der Waals surface area contributed by atoms with E-state index in [4.69, 9.17) is 0 Å². The number of carbonyl (C=O) groups excluding carboxylic acids is 1. The molecule has 0 unspecified atom stereocenters. The van der Waals surface area contributed by atoms with Gasteiger partial charge in [-0.25, -0.2) is 0 Å². The van der Waals surface area contributed by atoms with Crippen molar-refractivity contribution in [1.29, 1.82) is 0 Å². The zero-order valence-electron chi connectivity index (χ0n) is 14.6. The fourth-order valence-electron chi connectivity index (χ4n) is 2.73. The molecule has 5 heteroatoms. The molecule has 0 aliphatic carbocycles. The van der Waals surface area contributed by atoms with Crippen LogP contribution in [0.4, 0.5) is 5.13 Å². The summed E-state index contributed by atoms with van der Waals surface area (Å²) in [6.07, 6.45) is 0.747. The summed E-state index contributed by atoms with van der Waals surface area (Å²) in [6, 6.07) is 18.0. The molecule has 0 aliphatic heterocycles. The van der Waals surface area contributed by atoms with Crippen molar-refractivity contribution in [3.63, 3.8) is 0 Å². The Hall–Kier alpha value is -2.53. The molecular formula is C20H21N3OS. The molecule has 0 radical (unpaired) electrons. The predicted octanol–water partition coefficient (Wildman–Crippen LogP) is 4.67. The van der Waals surface area contributed by atoms with E-state index >= 15 is 0 Å². The van der Waals surface area contributed by atoms with Crippen LogP contribution in [0.25, 0.3) is 10.6 Å². The second-order valence-electron chi connectivity index (χ2n) is 6.02. The number of amides is 1. The summed E-state index contributed by atoms with van der Waals surface area (Å²) in [7, 11) is 1.77. The van der Waals surface area contributed by atoms with Crippen LogP contribution in [0.2, 0.25) is 0 Å². The maximum absolute atomic E-state index is 12.9. The van der Waals surface area contributed by atoms with Crippen LogP contribution in [0.5, 0.6) is 0 Å². The molecule has 3 aromatic rings. The quantitative estimate of drug-likeness (QED) is 0.671. The molecule has 1 heterocycles. The molecule has 3 rings (SSSR count). The highest BCUT2D eigenvalue weighted by atomic mass is 32.1. The first-order valence-corrected chi connectivity index (χ1v) is 9.15. The molecule has 0 saturated carbocycles. The van der Waals surface area contributed by atoms with E-state index < -0.39 is 0 Å². The molecule has 1 atom stereocenters. The molecule has 4 nitrogen and oxygen atoms in total. The van der Waals surface area contributed by atoms with Gasteiger partial charge in [-0.15, -0.1) is 10.2 Å². The zero-order valence-corrected chi connectivity index (χ0v) is 15.5. The number of nitrogens with zero attached hydrogens (tertiary/aromatic N) is 3. The van der Waals surface area contributed by atoms with E-state index in [0.717, 1.165) is 22.6 Å². The highest BCUT2D eigenvalue weighted by molar-refractivity contribution is 7.18. The SMILES string of the molecule is CC[C@@H](C(=O)N(C)c1nnc(-c2ccc(C)cc2)s1)c1ccccc1. The Kier molecular flexibility index (Phi) is 5.24. The molecule has 2 aromatic carbocycles. The van der Waals surface area contributed by atoms with Crippen molar-refractivity contribution in [1.82, 2.24) is 10.2 Å². The third kappa shape index (κ3) is 3.77. The average molecular weight is 351 g/mol. The van der Waals surface area contributed by atoms with Gasteiger partial charge in [0.15, 0.2) is 0 Å². The van der Waals surface area contributed by atoms with Gasteiger partial charge in [0.05, 0.1) is 5.92 Å². The number of aryl methyl sites for hydroxylation is 1. The summed E-state index contributed by atoms with van der Waals surface area (Å²) in [5, 5.41) is 9.91. The number of hydrogen-bond donors (Lipinski definition) is 0. The molecule has 25 heavy (non-hydrogen) atoms. The van der Waals surface area contributed by atoms with Crippen LogP contribution >= 0.6 is 11.3 Å². The molecule has 1 amide bonds. The fraction of sp³-hybridized carbons (Fsp3) is 0.250. The molecule has 0 fully saturated rings. The van der Waals surface area contributed by atoms with E-state index in [1.165, 1.54) is 16.9 Å². The number of hydrogen-bond acceptors (Lipinski definition) is 4. The van der Waals surface area contributed by atoms with E-state index in [0.29, 0.717) is 5.13 Å². The van der Waals surface area contributed by atoms with Gasteiger partial charge in [0, 0.05) is 12.6 Å². The minimum atomic E-state index is -0.169. The van der Waals surface area contributed by atoms with Gasteiger partial charge in [-0.1, -0.05) is 78.4 Å². The van der Waals surface area contributed by atoms with E-state index in [9.17, 15) is 4.79 Å². The van der Waals surface area contributed by atoms with Gasteiger partial charge in [0.25, 0.3) is 0 Å². The summed E-state index contributed by atoms with van der Waals surface area (Å²) >= 11 is 1.43. The van der Waals surface area contributed by atoms with Crippen molar-refractivity contribution >= 4 is 22.4 Å². The maximum atomic E-state index is 12.9. The zero-order chi connectivity index (χ0) is 17.8. The Labute approximate surface area is 152 Å². The number of likely N-dealkylation sites (N-methyl/N-ethyl adjacent to an activating group) is 1. The fourth-order valence-corrected chi connectivity index (χ4v) is 3.55. The van der Waals surface area contributed by atoms with Crippen molar-refractivity contribution < 1.29 is 4.79 Å². The van der Waals surface area contributed by atoms with Crippen molar-refractivity contribution in [2.24, 2.45) is 0 Å². The molecule has 0 saturated heterocycles. The molecule has 0 N–H and O–H groups in total. The minimum Gasteiger partial charge on any atom is -0.289 e.